The van der Waals surface area contributed by atoms with Crippen LogP contribution in [0.25, 0.3) is 0 Å². The second kappa shape index (κ2) is 4.93. The lowest BCUT2D eigenvalue weighted by molar-refractivity contribution is 0.167. The molecule has 0 fully saturated rings. The molecule has 0 saturated carbocycles. The summed E-state index contributed by atoms with van der Waals surface area (Å²) in [5, 5.41) is 9.06. The first kappa shape index (κ1) is 11.5. The number of hydrogen-bond donors (Lipinski definition) is 1. The number of aliphatic hydroxyl groups is 1. The van der Waals surface area contributed by atoms with E-state index < -0.39 is 0 Å². The Kier molecular flexibility index (Phi) is 3.56. The highest BCUT2D eigenvalue weighted by atomic mass is 79.9. The van der Waals surface area contributed by atoms with E-state index >= 15 is 0 Å². The molecule has 0 aliphatic carbocycles. The van der Waals surface area contributed by atoms with Gasteiger partial charge in [0.2, 0.25) is 0 Å². The molecule has 1 heterocycles. The lowest BCUT2D eigenvalue weighted by Gasteiger charge is -2.23. The summed E-state index contributed by atoms with van der Waals surface area (Å²) in [6.07, 6.45) is 0.480. The van der Waals surface area contributed by atoms with E-state index in [0.717, 1.165) is 10.0 Å². The highest BCUT2D eigenvalue weighted by Gasteiger charge is 2.22. The van der Waals surface area contributed by atoms with Crippen molar-refractivity contribution in [2.24, 2.45) is 0 Å². The molecule has 0 spiro atoms. The van der Waals surface area contributed by atoms with Gasteiger partial charge in [0.25, 0.3) is 0 Å². The van der Waals surface area contributed by atoms with Crippen molar-refractivity contribution in [1.82, 2.24) is 0 Å². The zero-order valence-corrected chi connectivity index (χ0v) is 10.5. The van der Waals surface area contributed by atoms with E-state index in [9.17, 15) is 0 Å². The quantitative estimate of drug-likeness (QED) is 0.921. The molecule has 0 saturated heterocycles. The van der Waals surface area contributed by atoms with Gasteiger partial charge in [-0.1, -0.05) is 0 Å². The molecule has 88 valence electrons. The van der Waals surface area contributed by atoms with Crippen molar-refractivity contribution in [3.05, 3.63) is 16.1 Å². The zero-order valence-electron chi connectivity index (χ0n) is 8.96. The van der Waals surface area contributed by atoms with Crippen LogP contribution in [0.1, 0.15) is 5.56 Å². The zero-order chi connectivity index (χ0) is 11.5. The molecule has 1 aliphatic heterocycles. The van der Waals surface area contributed by atoms with Gasteiger partial charge >= 0.3 is 0 Å². The number of rotatable bonds is 3. The van der Waals surface area contributed by atoms with Crippen molar-refractivity contribution >= 4 is 15.9 Å². The Hall–Kier alpha value is -0.940. The first-order valence-corrected chi connectivity index (χ1v) is 5.83. The van der Waals surface area contributed by atoms with Gasteiger partial charge in [0.15, 0.2) is 11.5 Å². The molecule has 0 bridgehead atoms. The molecular weight excluding hydrogens is 276 g/mol. The van der Waals surface area contributed by atoms with Crippen molar-refractivity contribution in [1.29, 1.82) is 0 Å². The average Bonchev–Trinajstić information content (AvgIpc) is 2.29. The standard InChI is InChI=1S/C11H13BrO4/c1-14-10-7(2-3-13)11-9(6-8(10)12)15-4-5-16-11/h6,13H,2-5H2,1H3. The highest BCUT2D eigenvalue weighted by molar-refractivity contribution is 9.10. The Morgan fingerprint density at radius 3 is 2.88 bits per heavy atom. The molecule has 1 aromatic carbocycles. The first-order valence-electron chi connectivity index (χ1n) is 5.03. The molecule has 5 heteroatoms. The lowest BCUT2D eigenvalue weighted by Crippen LogP contribution is -2.17. The molecule has 1 aliphatic rings. The van der Waals surface area contributed by atoms with Crippen molar-refractivity contribution in [3.8, 4) is 17.2 Å². The Morgan fingerprint density at radius 2 is 2.19 bits per heavy atom. The van der Waals surface area contributed by atoms with Crippen molar-refractivity contribution in [2.45, 2.75) is 6.42 Å². The summed E-state index contributed by atoms with van der Waals surface area (Å²) in [5.74, 6) is 2.07. The molecule has 0 aromatic heterocycles. The maximum atomic E-state index is 9.06. The van der Waals surface area contributed by atoms with Gasteiger partial charge in [-0.15, -0.1) is 0 Å². The molecule has 1 N–H and O–H groups in total. The number of halogens is 1. The summed E-state index contributed by atoms with van der Waals surface area (Å²) in [6, 6.07) is 1.83. The van der Waals surface area contributed by atoms with E-state index in [1.807, 2.05) is 6.07 Å². The van der Waals surface area contributed by atoms with Crippen molar-refractivity contribution < 1.29 is 19.3 Å². The number of hydrogen-bond acceptors (Lipinski definition) is 4. The van der Waals surface area contributed by atoms with Crippen LogP contribution in [0, 0.1) is 0 Å². The van der Waals surface area contributed by atoms with Crippen LogP contribution in [0.15, 0.2) is 10.5 Å². The van der Waals surface area contributed by atoms with Crippen LogP contribution in [-0.2, 0) is 6.42 Å². The summed E-state index contributed by atoms with van der Waals surface area (Å²) < 4.78 is 17.2. The van der Waals surface area contributed by atoms with Gasteiger partial charge in [0.05, 0.1) is 11.6 Å². The first-order chi connectivity index (χ1) is 7.77. The Morgan fingerprint density at radius 1 is 1.44 bits per heavy atom. The number of benzene rings is 1. The summed E-state index contributed by atoms with van der Waals surface area (Å²) in [6.45, 7) is 1.11. The lowest BCUT2D eigenvalue weighted by atomic mass is 10.1. The van der Waals surface area contributed by atoms with Crippen LogP contribution in [-0.4, -0.2) is 32.0 Å². The molecule has 4 nitrogen and oxygen atoms in total. The van der Waals surface area contributed by atoms with Crippen LogP contribution in [0.3, 0.4) is 0 Å². The van der Waals surface area contributed by atoms with E-state index in [4.69, 9.17) is 19.3 Å². The van der Waals surface area contributed by atoms with E-state index in [1.165, 1.54) is 0 Å². The number of aliphatic hydroxyl groups excluding tert-OH is 1. The van der Waals surface area contributed by atoms with Crippen LogP contribution >= 0.6 is 15.9 Å². The summed E-state index contributed by atoms with van der Waals surface area (Å²) in [5.41, 5.74) is 0.842. The predicted octanol–water partition coefficient (Wildman–Crippen LogP) is 1.76. The average molecular weight is 289 g/mol. The fourth-order valence-corrected chi connectivity index (χ4v) is 2.37. The second-order valence-corrected chi connectivity index (χ2v) is 4.22. The Bertz CT molecular complexity index is 392. The van der Waals surface area contributed by atoms with Crippen LogP contribution in [0.4, 0.5) is 0 Å². The molecule has 0 atom stereocenters. The molecule has 2 rings (SSSR count). The van der Waals surface area contributed by atoms with E-state index in [2.05, 4.69) is 15.9 Å². The smallest absolute Gasteiger partial charge is 0.168 e. The monoisotopic (exact) mass is 288 g/mol. The third-order valence-corrected chi connectivity index (χ3v) is 2.99. The summed E-state index contributed by atoms with van der Waals surface area (Å²) in [4.78, 5) is 0. The van der Waals surface area contributed by atoms with E-state index in [0.29, 0.717) is 36.9 Å². The van der Waals surface area contributed by atoms with E-state index in [1.54, 1.807) is 7.11 Å². The molecule has 16 heavy (non-hydrogen) atoms. The van der Waals surface area contributed by atoms with Gasteiger partial charge in [-0.25, -0.2) is 0 Å². The summed E-state index contributed by atoms with van der Waals surface area (Å²) >= 11 is 3.41. The number of fused-ring (bicyclic) bond motifs is 1. The predicted molar refractivity (Wildman–Crippen MR) is 62.5 cm³/mol. The molecule has 1 aromatic rings. The van der Waals surface area contributed by atoms with Crippen molar-refractivity contribution in [3.63, 3.8) is 0 Å². The van der Waals surface area contributed by atoms with Crippen molar-refractivity contribution in [2.75, 3.05) is 26.9 Å². The number of ether oxygens (including phenoxy) is 3. The maximum absolute atomic E-state index is 9.06. The third-order valence-electron chi connectivity index (χ3n) is 2.40. The Labute approximate surface area is 102 Å². The SMILES string of the molecule is COc1c(Br)cc2c(c1CCO)OCCO2. The highest BCUT2D eigenvalue weighted by Crippen LogP contribution is 2.44. The minimum absolute atomic E-state index is 0.0443. The van der Waals surface area contributed by atoms with Crippen LogP contribution in [0.5, 0.6) is 17.2 Å². The van der Waals surface area contributed by atoms with Gasteiger partial charge in [-0.05, 0) is 15.9 Å². The third kappa shape index (κ3) is 1.97. The second-order valence-electron chi connectivity index (χ2n) is 3.37. The van der Waals surface area contributed by atoms with Gasteiger partial charge in [0, 0.05) is 24.7 Å². The Balaban J connectivity index is 2.54. The molecular formula is C11H13BrO4. The molecule has 0 unspecified atom stereocenters. The maximum Gasteiger partial charge on any atom is 0.168 e. The fraction of sp³-hybridized carbons (Fsp3) is 0.455. The largest absolute Gasteiger partial charge is 0.495 e. The van der Waals surface area contributed by atoms with Gasteiger partial charge in [0.1, 0.15) is 19.0 Å². The van der Waals surface area contributed by atoms with Gasteiger partial charge in [-0.2, -0.15) is 0 Å². The fourth-order valence-electron chi connectivity index (χ4n) is 1.76. The minimum Gasteiger partial charge on any atom is -0.495 e. The van der Waals surface area contributed by atoms with Gasteiger partial charge < -0.3 is 19.3 Å². The minimum atomic E-state index is 0.0443. The van der Waals surface area contributed by atoms with Gasteiger partial charge in [-0.3, -0.25) is 0 Å². The molecule has 0 radical (unpaired) electrons. The normalized spacial score (nSPS) is 13.7. The number of methoxy groups -OCH3 is 1. The molecule has 0 amide bonds. The topological polar surface area (TPSA) is 47.9 Å². The van der Waals surface area contributed by atoms with Crippen LogP contribution < -0.4 is 14.2 Å². The van der Waals surface area contributed by atoms with E-state index in [-0.39, 0.29) is 6.61 Å². The van der Waals surface area contributed by atoms with Crippen LogP contribution in [0.2, 0.25) is 0 Å². The summed E-state index contributed by atoms with van der Waals surface area (Å²) in [7, 11) is 1.59.